The molecule has 0 unspecified atom stereocenters. The first-order valence-corrected chi connectivity index (χ1v) is 6.29. The fourth-order valence-electron chi connectivity index (χ4n) is 1.81. The van der Waals surface area contributed by atoms with Gasteiger partial charge in [-0.3, -0.25) is 0 Å². The van der Waals surface area contributed by atoms with E-state index in [1.807, 2.05) is 24.3 Å². The van der Waals surface area contributed by atoms with Gasteiger partial charge in [0.2, 0.25) is 0 Å². The van der Waals surface area contributed by atoms with Crippen LogP contribution in [0.25, 0.3) is 11.1 Å². The number of halogens is 1. The van der Waals surface area contributed by atoms with Crippen LogP contribution in [0.5, 0.6) is 5.75 Å². The number of nitrogens with zero attached hydrogens (tertiary/aromatic N) is 1. The summed E-state index contributed by atoms with van der Waals surface area (Å²) < 4.78 is 23.7. The molecule has 0 spiro atoms. The van der Waals surface area contributed by atoms with Crippen molar-refractivity contribution in [2.24, 2.45) is 0 Å². The molecule has 2 aromatic carbocycles. The molecule has 0 radical (unpaired) electrons. The number of nitrogens with one attached hydrogen (secondary N) is 1. The fraction of sp³-hybridized carbons (Fsp3) is 0.133. The number of ether oxygens (including phenoxy) is 1. The van der Waals surface area contributed by atoms with Crippen LogP contribution < -0.4 is 10.1 Å². The number of hydrogen-bond donors (Lipinski definition) is 1. The van der Waals surface area contributed by atoms with E-state index in [1.54, 1.807) is 12.1 Å². The standard InChI is InChI=1S/C15H13FN2O2/c16-11-5-7-12(8-6-11)19-10-9-17-15-18-13-3-1-2-4-14(13)20-15/h1-8H,9-10H2,(H,17,18). The van der Waals surface area contributed by atoms with Crippen molar-refractivity contribution in [3.05, 3.63) is 54.3 Å². The molecule has 0 aliphatic carbocycles. The molecule has 0 aliphatic rings. The Bertz CT molecular complexity index is 661. The molecule has 1 N–H and O–H groups in total. The van der Waals surface area contributed by atoms with Crippen LogP contribution in [0.3, 0.4) is 0 Å². The van der Waals surface area contributed by atoms with Crippen LogP contribution in [0.15, 0.2) is 52.9 Å². The van der Waals surface area contributed by atoms with E-state index < -0.39 is 0 Å². The highest BCUT2D eigenvalue weighted by Crippen LogP contribution is 2.17. The molecule has 1 heterocycles. The van der Waals surface area contributed by atoms with Crippen molar-refractivity contribution >= 4 is 17.1 Å². The van der Waals surface area contributed by atoms with Gasteiger partial charge >= 0.3 is 0 Å². The molecule has 0 fully saturated rings. The first-order valence-electron chi connectivity index (χ1n) is 6.29. The number of fused-ring (bicyclic) bond motifs is 1. The summed E-state index contributed by atoms with van der Waals surface area (Å²) in [6.07, 6.45) is 0. The number of benzene rings is 2. The predicted molar refractivity (Wildman–Crippen MR) is 74.4 cm³/mol. The second-order valence-electron chi connectivity index (χ2n) is 4.22. The number of hydrogen-bond acceptors (Lipinski definition) is 4. The third-order valence-corrected chi connectivity index (χ3v) is 2.75. The normalized spacial score (nSPS) is 10.7. The third-order valence-electron chi connectivity index (χ3n) is 2.75. The van der Waals surface area contributed by atoms with E-state index in [1.165, 1.54) is 12.1 Å². The van der Waals surface area contributed by atoms with Gasteiger partial charge in [0.25, 0.3) is 6.01 Å². The summed E-state index contributed by atoms with van der Waals surface area (Å²) in [5.41, 5.74) is 1.56. The quantitative estimate of drug-likeness (QED) is 0.722. The maximum Gasteiger partial charge on any atom is 0.295 e. The van der Waals surface area contributed by atoms with Crippen LogP contribution in [0.1, 0.15) is 0 Å². The molecular formula is C15H13FN2O2. The minimum Gasteiger partial charge on any atom is -0.492 e. The van der Waals surface area contributed by atoms with Crippen LogP contribution in [0.4, 0.5) is 10.4 Å². The summed E-state index contributed by atoms with van der Waals surface area (Å²) in [5.74, 6) is 0.354. The SMILES string of the molecule is Fc1ccc(OCCNc2nc3ccccc3o2)cc1. The zero-order valence-electron chi connectivity index (χ0n) is 10.7. The van der Waals surface area contributed by atoms with Gasteiger partial charge in [-0.1, -0.05) is 12.1 Å². The smallest absolute Gasteiger partial charge is 0.295 e. The van der Waals surface area contributed by atoms with Gasteiger partial charge in [0, 0.05) is 0 Å². The van der Waals surface area contributed by atoms with Crippen molar-refractivity contribution in [3.63, 3.8) is 0 Å². The highest BCUT2D eigenvalue weighted by Gasteiger charge is 2.03. The maximum atomic E-state index is 12.7. The van der Waals surface area contributed by atoms with Crippen LogP contribution in [0.2, 0.25) is 0 Å². The Morgan fingerprint density at radius 1 is 1.10 bits per heavy atom. The molecule has 0 bridgehead atoms. The summed E-state index contributed by atoms with van der Waals surface area (Å²) in [4.78, 5) is 4.29. The lowest BCUT2D eigenvalue weighted by molar-refractivity contribution is 0.331. The number of rotatable bonds is 5. The van der Waals surface area contributed by atoms with E-state index in [2.05, 4.69) is 10.3 Å². The van der Waals surface area contributed by atoms with Gasteiger partial charge in [0.15, 0.2) is 5.58 Å². The van der Waals surface area contributed by atoms with E-state index >= 15 is 0 Å². The lowest BCUT2D eigenvalue weighted by Gasteiger charge is -2.05. The molecule has 0 saturated heterocycles. The second-order valence-corrected chi connectivity index (χ2v) is 4.22. The van der Waals surface area contributed by atoms with Gasteiger partial charge in [-0.05, 0) is 36.4 Å². The molecule has 3 rings (SSSR count). The average Bonchev–Trinajstić information content (AvgIpc) is 2.88. The maximum absolute atomic E-state index is 12.7. The van der Waals surface area contributed by atoms with E-state index in [4.69, 9.17) is 9.15 Å². The number of aromatic nitrogens is 1. The summed E-state index contributed by atoms with van der Waals surface area (Å²) in [5, 5.41) is 3.04. The average molecular weight is 272 g/mol. The monoisotopic (exact) mass is 272 g/mol. The molecule has 0 atom stereocenters. The molecule has 0 amide bonds. The van der Waals surface area contributed by atoms with Crippen molar-refractivity contribution in [2.45, 2.75) is 0 Å². The lowest BCUT2D eigenvalue weighted by Crippen LogP contribution is -2.11. The molecule has 102 valence electrons. The minimum atomic E-state index is -0.276. The second kappa shape index (κ2) is 5.61. The van der Waals surface area contributed by atoms with Crippen molar-refractivity contribution in [3.8, 4) is 5.75 Å². The molecule has 1 aromatic heterocycles. The topological polar surface area (TPSA) is 47.3 Å². The first-order chi connectivity index (χ1) is 9.81. The molecule has 0 aliphatic heterocycles. The Morgan fingerprint density at radius 2 is 1.90 bits per heavy atom. The minimum absolute atomic E-state index is 0.276. The molecule has 3 aromatic rings. The summed E-state index contributed by atoms with van der Waals surface area (Å²) in [7, 11) is 0. The van der Waals surface area contributed by atoms with Gasteiger partial charge < -0.3 is 14.5 Å². The van der Waals surface area contributed by atoms with Crippen molar-refractivity contribution in [1.82, 2.24) is 4.98 Å². The zero-order chi connectivity index (χ0) is 13.8. The highest BCUT2D eigenvalue weighted by molar-refractivity contribution is 5.74. The van der Waals surface area contributed by atoms with Gasteiger partial charge in [-0.25, -0.2) is 4.39 Å². The molecule has 4 nitrogen and oxygen atoms in total. The van der Waals surface area contributed by atoms with E-state index in [0.29, 0.717) is 24.9 Å². The molecule has 20 heavy (non-hydrogen) atoms. The Kier molecular flexibility index (Phi) is 3.50. The Balaban J connectivity index is 1.51. The van der Waals surface area contributed by atoms with Gasteiger partial charge in [0.05, 0.1) is 6.54 Å². The van der Waals surface area contributed by atoms with Crippen LogP contribution in [-0.2, 0) is 0 Å². The van der Waals surface area contributed by atoms with E-state index in [0.717, 1.165) is 11.1 Å². The predicted octanol–water partition coefficient (Wildman–Crippen LogP) is 3.46. The first kappa shape index (κ1) is 12.5. The zero-order valence-corrected chi connectivity index (χ0v) is 10.7. The van der Waals surface area contributed by atoms with Gasteiger partial charge in [-0.15, -0.1) is 0 Å². The van der Waals surface area contributed by atoms with Gasteiger partial charge in [-0.2, -0.15) is 4.98 Å². The number of anilines is 1. The Labute approximate surface area is 115 Å². The van der Waals surface area contributed by atoms with Crippen LogP contribution in [0, 0.1) is 5.82 Å². The van der Waals surface area contributed by atoms with Gasteiger partial charge in [0.1, 0.15) is 23.7 Å². The van der Waals surface area contributed by atoms with Crippen molar-refractivity contribution in [2.75, 3.05) is 18.5 Å². The van der Waals surface area contributed by atoms with Crippen molar-refractivity contribution in [1.29, 1.82) is 0 Å². The van der Waals surface area contributed by atoms with Crippen LogP contribution >= 0.6 is 0 Å². The Hall–Kier alpha value is -2.56. The molecular weight excluding hydrogens is 259 g/mol. The molecule has 5 heteroatoms. The highest BCUT2D eigenvalue weighted by atomic mass is 19.1. The van der Waals surface area contributed by atoms with Crippen LogP contribution in [-0.4, -0.2) is 18.1 Å². The summed E-state index contributed by atoms with van der Waals surface area (Å²) >= 11 is 0. The fourth-order valence-corrected chi connectivity index (χ4v) is 1.81. The number of para-hydroxylation sites is 2. The van der Waals surface area contributed by atoms with E-state index in [9.17, 15) is 4.39 Å². The van der Waals surface area contributed by atoms with Crippen molar-refractivity contribution < 1.29 is 13.5 Å². The summed E-state index contributed by atoms with van der Waals surface area (Å²) in [6, 6.07) is 13.9. The largest absolute Gasteiger partial charge is 0.492 e. The van der Waals surface area contributed by atoms with E-state index in [-0.39, 0.29) is 5.82 Å². The lowest BCUT2D eigenvalue weighted by atomic mass is 10.3. The number of oxazole rings is 1. The Morgan fingerprint density at radius 3 is 2.70 bits per heavy atom. The third kappa shape index (κ3) is 2.88. The summed E-state index contributed by atoms with van der Waals surface area (Å²) in [6.45, 7) is 0.981. The molecule has 0 saturated carbocycles.